The second kappa shape index (κ2) is 6.81. The number of unbranched alkanes of at least 4 members (excludes halogenated alkanes) is 2. The van der Waals surface area contributed by atoms with Gasteiger partial charge in [-0.1, -0.05) is 19.6 Å². The number of carbonyl (C=O) groups is 2. The van der Waals surface area contributed by atoms with Crippen LogP contribution in [0, 0.1) is 0 Å². The van der Waals surface area contributed by atoms with E-state index in [1.54, 1.807) is 0 Å². The highest BCUT2D eigenvalue weighted by atomic mass is 16.4. The molecule has 0 unspecified atom stereocenters. The zero-order valence-corrected chi connectivity index (χ0v) is 8.66. The molecule has 0 aromatic carbocycles. The Balaban J connectivity index is 3.60. The molecule has 0 saturated heterocycles. The van der Waals surface area contributed by atoms with Crippen LogP contribution in [0.1, 0.15) is 32.1 Å². The van der Waals surface area contributed by atoms with Crippen LogP contribution >= 0.6 is 0 Å². The zero-order valence-electron chi connectivity index (χ0n) is 8.66. The van der Waals surface area contributed by atoms with Crippen LogP contribution in [-0.2, 0) is 9.59 Å². The molecule has 0 radical (unpaired) electrons. The van der Waals surface area contributed by atoms with Crippen LogP contribution in [0.4, 0.5) is 0 Å². The second-order valence-electron chi connectivity index (χ2n) is 3.34. The first-order valence-electron chi connectivity index (χ1n) is 4.77. The minimum Gasteiger partial charge on any atom is -0.481 e. The summed E-state index contributed by atoms with van der Waals surface area (Å²) in [4.78, 5) is 20.7. The third kappa shape index (κ3) is 6.49. The van der Waals surface area contributed by atoms with Gasteiger partial charge in [0.05, 0.1) is 5.57 Å². The topological polar surface area (TPSA) is 74.6 Å². The molecule has 0 aliphatic heterocycles. The predicted octanol–water partition coefficient (Wildman–Crippen LogP) is 2.22. The van der Waals surface area contributed by atoms with E-state index in [0.29, 0.717) is 18.4 Å². The fourth-order valence-corrected chi connectivity index (χ4v) is 1.09. The van der Waals surface area contributed by atoms with Crippen LogP contribution in [0.15, 0.2) is 24.3 Å². The lowest BCUT2D eigenvalue weighted by atomic mass is 10.0. The number of rotatable bonds is 8. The van der Waals surface area contributed by atoms with E-state index in [9.17, 15) is 9.59 Å². The van der Waals surface area contributed by atoms with Gasteiger partial charge in [-0.25, -0.2) is 4.79 Å². The molecular weight excluding hydrogens is 196 g/mol. The Bertz CT molecular complexity index is 278. The molecule has 4 nitrogen and oxygen atoms in total. The highest BCUT2D eigenvalue weighted by molar-refractivity contribution is 5.90. The molecule has 0 saturated carbocycles. The third-order valence-electron chi connectivity index (χ3n) is 2.05. The molecule has 0 amide bonds. The molecule has 0 aromatic rings. The SMILES string of the molecule is C=C(CCCCCC(=O)O)C(=C)C(=O)O. The van der Waals surface area contributed by atoms with Crippen LogP contribution < -0.4 is 0 Å². The molecular formula is C11H16O4. The van der Waals surface area contributed by atoms with Crippen molar-refractivity contribution < 1.29 is 19.8 Å². The first-order chi connectivity index (χ1) is 6.95. The number of hydrogen-bond donors (Lipinski definition) is 2. The summed E-state index contributed by atoms with van der Waals surface area (Å²) < 4.78 is 0. The van der Waals surface area contributed by atoms with Crippen molar-refractivity contribution in [2.45, 2.75) is 32.1 Å². The van der Waals surface area contributed by atoms with E-state index in [1.165, 1.54) is 0 Å². The van der Waals surface area contributed by atoms with Crippen molar-refractivity contribution in [3.05, 3.63) is 24.3 Å². The molecule has 15 heavy (non-hydrogen) atoms. The smallest absolute Gasteiger partial charge is 0.335 e. The fourth-order valence-electron chi connectivity index (χ4n) is 1.09. The molecule has 0 heterocycles. The van der Waals surface area contributed by atoms with Crippen molar-refractivity contribution in [1.82, 2.24) is 0 Å². The van der Waals surface area contributed by atoms with Crippen LogP contribution in [0.2, 0.25) is 0 Å². The summed E-state index contributed by atoms with van der Waals surface area (Å²) in [6.45, 7) is 7.00. The Morgan fingerprint density at radius 2 is 1.47 bits per heavy atom. The van der Waals surface area contributed by atoms with Crippen molar-refractivity contribution in [3.63, 3.8) is 0 Å². The van der Waals surface area contributed by atoms with Gasteiger partial charge in [0, 0.05) is 6.42 Å². The summed E-state index contributed by atoms with van der Waals surface area (Å²) in [6.07, 6.45) is 2.84. The Kier molecular flexibility index (Phi) is 6.09. The van der Waals surface area contributed by atoms with Gasteiger partial charge in [0.25, 0.3) is 0 Å². The average Bonchev–Trinajstić information content (AvgIpc) is 2.15. The number of carboxylic acid groups (broad SMARTS) is 2. The van der Waals surface area contributed by atoms with E-state index < -0.39 is 11.9 Å². The quantitative estimate of drug-likeness (QED) is 0.367. The van der Waals surface area contributed by atoms with Gasteiger partial charge in [0.1, 0.15) is 0 Å². The van der Waals surface area contributed by atoms with Crippen molar-refractivity contribution in [3.8, 4) is 0 Å². The van der Waals surface area contributed by atoms with Crippen molar-refractivity contribution in [2.75, 3.05) is 0 Å². The molecule has 0 aromatic heterocycles. The maximum absolute atomic E-state index is 10.5. The molecule has 0 atom stereocenters. The highest BCUT2D eigenvalue weighted by Gasteiger charge is 2.07. The van der Waals surface area contributed by atoms with Crippen LogP contribution in [-0.4, -0.2) is 22.2 Å². The maximum Gasteiger partial charge on any atom is 0.335 e. The van der Waals surface area contributed by atoms with E-state index in [1.807, 2.05) is 0 Å². The number of carboxylic acids is 2. The summed E-state index contributed by atoms with van der Waals surface area (Å²) in [5.41, 5.74) is 0.547. The molecule has 84 valence electrons. The molecule has 0 bridgehead atoms. The lowest BCUT2D eigenvalue weighted by Gasteiger charge is -2.04. The summed E-state index contributed by atoms with van der Waals surface area (Å²) in [6, 6.07) is 0. The standard InChI is InChI=1S/C11H16O4/c1-8(9(2)11(14)15)6-4-3-5-7-10(12)13/h1-7H2,(H,12,13)(H,14,15). The Hall–Kier alpha value is -1.58. The van der Waals surface area contributed by atoms with Crippen molar-refractivity contribution in [2.24, 2.45) is 0 Å². The minimum atomic E-state index is -1.05. The lowest BCUT2D eigenvalue weighted by Crippen LogP contribution is -2.01. The first-order valence-corrected chi connectivity index (χ1v) is 4.77. The second-order valence-corrected chi connectivity index (χ2v) is 3.34. The van der Waals surface area contributed by atoms with Gasteiger partial charge in [0.2, 0.25) is 0 Å². The summed E-state index contributed by atoms with van der Waals surface area (Å²) in [5, 5.41) is 17.0. The van der Waals surface area contributed by atoms with Gasteiger partial charge >= 0.3 is 11.9 Å². The molecule has 0 spiro atoms. The average molecular weight is 212 g/mol. The van der Waals surface area contributed by atoms with Gasteiger partial charge in [0.15, 0.2) is 0 Å². The summed E-state index contributed by atoms with van der Waals surface area (Å²) >= 11 is 0. The van der Waals surface area contributed by atoms with Crippen LogP contribution in [0.5, 0.6) is 0 Å². The number of aliphatic carboxylic acids is 2. The monoisotopic (exact) mass is 212 g/mol. The fraction of sp³-hybridized carbons (Fsp3) is 0.455. The van der Waals surface area contributed by atoms with Crippen molar-refractivity contribution in [1.29, 1.82) is 0 Å². The van der Waals surface area contributed by atoms with Gasteiger partial charge in [-0.15, -0.1) is 0 Å². The van der Waals surface area contributed by atoms with Gasteiger partial charge in [-0.2, -0.15) is 0 Å². The van der Waals surface area contributed by atoms with Gasteiger partial charge in [-0.3, -0.25) is 4.79 Å². The van der Waals surface area contributed by atoms with Crippen molar-refractivity contribution >= 4 is 11.9 Å². The van der Waals surface area contributed by atoms with Gasteiger partial charge < -0.3 is 10.2 Å². The van der Waals surface area contributed by atoms with Crippen LogP contribution in [0.25, 0.3) is 0 Å². The first kappa shape index (κ1) is 13.4. The molecule has 0 aliphatic rings. The summed E-state index contributed by atoms with van der Waals surface area (Å²) in [7, 11) is 0. The Morgan fingerprint density at radius 3 is 1.93 bits per heavy atom. The summed E-state index contributed by atoms with van der Waals surface area (Å²) in [5.74, 6) is -1.85. The highest BCUT2D eigenvalue weighted by Crippen LogP contribution is 2.14. The van der Waals surface area contributed by atoms with E-state index in [-0.39, 0.29) is 12.0 Å². The van der Waals surface area contributed by atoms with Gasteiger partial charge in [-0.05, 0) is 24.8 Å². The Morgan fingerprint density at radius 1 is 0.933 bits per heavy atom. The zero-order chi connectivity index (χ0) is 11.8. The molecule has 0 fully saturated rings. The molecule has 4 heteroatoms. The largest absolute Gasteiger partial charge is 0.481 e. The minimum absolute atomic E-state index is 0.0354. The Labute approximate surface area is 88.9 Å². The molecule has 0 rings (SSSR count). The van der Waals surface area contributed by atoms with E-state index >= 15 is 0 Å². The third-order valence-corrected chi connectivity index (χ3v) is 2.05. The lowest BCUT2D eigenvalue weighted by molar-refractivity contribution is -0.137. The van der Waals surface area contributed by atoms with Crippen LogP contribution in [0.3, 0.4) is 0 Å². The van der Waals surface area contributed by atoms with E-state index in [4.69, 9.17) is 10.2 Å². The molecule has 0 aliphatic carbocycles. The van der Waals surface area contributed by atoms with E-state index in [2.05, 4.69) is 13.2 Å². The number of hydrogen-bond acceptors (Lipinski definition) is 2. The normalized spacial score (nSPS) is 9.60. The maximum atomic E-state index is 10.5. The van der Waals surface area contributed by atoms with E-state index in [0.717, 1.165) is 12.8 Å². The molecule has 2 N–H and O–H groups in total. The predicted molar refractivity (Wildman–Crippen MR) is 56.6 cm³/mol.